The van der Waals surface area contributed by atoms with Crippen molar-refractivity contribution >= 4 is 23.8 Å². The van der Waals surface area contributed by atoms with Gasteiger partial charge in [-0.2, -0.15) is 8.78 Å². The molecule has 0 atom stereocenters. The SMILES string of the molecule is COC(=O)c1ccccc1C(=O)OCC(=O)NC(=O)c1ccc(OC(F)F)cc1. The van der Waals surface area contributed by atoms with Gasteiger partial charge in [0.1, 0.15) is 5.75 Å². The van der Waals surface area contributed by atoms with Crippen LogP contribution in [-0.4, -0.2) is 44.1 Å². The van der Waals surface area contributed by atoms with E-state index in [-0.39, 0.29) is 22.4 Å². The Balaban J connectivity index is 1.92. The lowest BCUT2D eigenvalue weighted by Crippen LogP contribution is -2.34. The van der Waals surface area contributed by atoms with E-state index in [0.29, 0.717) is 0 Å². The molecular weight excluding hydrogens is 392 g/mol. The Labute approximate surface area is 163 Å². The topological polar surface area (TPSA) is 108 Å². The predicted molar refractivity (Wildman–Crippen MR) is 93.6 cm³/mol. The molecule has 8 nitrogen and oxygen atoms in total. The molecule has 0 aliphatic heterocycles. The molecule has 0 radical (unpaired) electrons. The number of rotatable bonds is 7. The number of methoxy groups -OCH3 is 1. The monoisotopic (exact) mass is 407 g/mol. The van der Waals surface area contributed by atoms with Crippen LogP contribution >= 0.6 is 0 Å². The van der Waals surface area contributed by atoms with Crippen molar-refractivity contribution in [1.82, 2.24) is 5.32 Å². The van der Waals surface area contributed by atoms with E-state index in [1.807, 2.05) is 5.32 Å². The molecule has 0 aliphatic rings. The zero-order valence-electron chi connectivity index (χ0n) is 15.0. The van der Waals surface area contributed by atoms with Crippen LogP contribution < -0.4 is 10.1 Å². The van der Waals surface area contributed by atoms with E-state index in [0.717, 1.165) is 19.2 Å². The van der Waals surface area contributed by atoms with E-state index < -0.39 is 37.0 Å². The molecule has 0 bridgehead atoms. The first-order chi connectivity index (χ1) is 13.8. The first kappa shape index (κ1) is 21.5. The molecule has 10 heteroatoms. The molecule has 0 saturated heterocycles. The highest BCUT2D eigenvalue weighted by Gasteiger charge is 2.20. The molecule has 2 aromatic rings. The summed E-state index contributed by atoms with van der Waals surface area (Å²) in [6.07, 6.45) is 0. The van der Waals surface area contributed by atoms with Crippen molar-refractivity contribution in [3.63, 3.8) is 0 Å². The number of carbonyl (C=O) groups is 4. The fourth-order valence-corrected chi connectivity index (χ4v) is 2.18. The second kappa shape index (κ2) is 9.93. The Kier molecular flexibility index (Phi) is 7.35. The van der Waals surface area contributed by atoms with Gasteiger partial charge in [0.15, 0.2) is 6.61 Å². The van der Waals surface area contributed by atoms with Crippen molar-refractivity contribution < 1.29 is 42.2 Å². The number of esters is 2. The van der Waals surface area contributed by atoms with Gasteiger partial charge in [-0.05, 0) is 36.4 Å². The Morgan fingerprint density at radius 2 is 1.52 bits per heavy atom. The molecule has 0 unspecified atom stereocenters. The van der Waals surface area contributed by atoms with Crippen molar-refractivity contribution in [2.24, 2.45) is 0 Å². The van der Waals surface area contributed by atoms with Crippen LogP contribution in [0, 0.1) is 0 Å². The summed E-state index contributed by atoms with van der Waals surface area (Å²) in [4.78, 5) is 47.5. The molecule has 0 saturated carbocycles. The number of carbonyl (C=O) groups excluding carboxylic acids is 4. The predicted octanol–water partition coefficient (Wildman–Crippen LogP) is 2.19. The van der Waals surface area contributed by atoms with Crippen molar-refractivity contribution in [3.8, 4) is 5.75 Å². The Bertz CT molecular complexity index is 913. The minimum absolute atomic E-state index is 0.00216. The van der Waals surface area contributed by atoms with Crippen molar-refractivity contribution in [2.75, 3.05) is 13.7 Å². The number of nitrogens with one attached hydrogen (secondary N) is 1. The lowest BCUT2D eigenvalue weighted by atomic mass is 10.1. The number of alkyl halides is 2. The number of amides is 2. The number of benzene rings is 2. The lowest BCUT2D eigenvalue weighted by molar-refractivity contribution is -0.123. The molecule has 29 heavy (non-hydrogen) atoms. The van der Waals surface area contributed by atoms with Crippen LogP contribution in [0.5, 0.6) is 5.75 Å². The molecular formula is C19H15F2NO7. The maximum absolute atomic E-state index is 12.1. The third kappa shape index (κ3) is 6.09. The van der Waals surface area contributed by atoms with Gasteiger partial charge in [-0.15, -0.1) is 0 Å². The number of ether oxygens (including phenoxy) is 3. The normalized spacial score (nSPS) is 10.2. The molecule has 1 N–H and O–H groups in total. The number of imide groups is 1. The zero-order chi connectivity index (χ0) is 21.4. The van der Waals surface area contributed by atoms with Crippen LogP contribution in [0.2, 0.25) is 0 Å². The minimum Gasteiger partial charge on any atom is -0.465 e. The molecule has 0 aliphatic carbocycles. The summed E-state index contributed by atoms with van der Waals surface area (Å²) >= 11 is 0. The van der Waals surface area contributed by atoms with Crippen LogP contribution in [0.4, 0.5) is 8.78 Å². The average molecular weight is 407 g/mol. The van der Waals surface area contributed by atoms with Gasteiger partial charge >= 0.3 is 18.6 Å². The molecule has 2 aromatic carbocycles. The van der Waals surface area contributed by atoms with Crippen LogP contribution in [-0.2, 0) is 14.3 Å². The van der Waals surface area contributed by atoms with Crippen molar-refractivity contribution in [3.05, 3.63) is 65.2 Å². The molecule has 152 valence electrons. The standard InChI is InChI=1S/C19H15F2NO7/c1-27-17(25)13-4-2-3-5-14(13)18(26)28-10-15(23)22-16(24)11-6-8-12(9-7-11)29-19(20)21/h2-9,19H,10H2,1H3,(H,22,23,24). The Hall–Kier alpha value is -3.82. The smallest absolute Gasteiger partial charge is 0.387 e. The first-order valence-electron chi connectivity index (χ1n) is 8.05. The van der Waals surface area contributed by atoms with Gasteiger partial charge in [0.25, 0.3) is 11.8 Å². The summed E-state index contributed by atoms with van der Waals surface area (Å²) < 4.78 is 37.7. The summed E-state index contributed by atoms with van der Waals surface area (Å²) in [7, 11) is 1.15. The fourth-order valence-electron chi connectivity index (χ4n) is 2.18. The van der Waals surface area contributed by atoms with Gasteiger partial charge < -0.3 is 14.2 Å². The van der Waals surface area contributed by atoms with Gasteiger partial charge in [-0.3, -0.25) is 14.9 Å². The van der Waals surface area contributed by atoms with Gasteiger partial charge in [-0.1, -0.05) is 12.1 Å². The van der Waals surface area contributed by atoms with Gasteiger partial charge in [0.2, 0.25) is 0 Å². The Morgan fingerprint density at radius 3 is 2.07 bits per heavy atom. The van der Waals surface area contributed by atoms with E-state index in [2.05, 4.69) is 9.47 Å². The summed E-state index contributed by atoms with van der Waals surface area (Å²) in [5.41, 5.74) is -0.141. The van der Waals surface area contributed by atoms with E-state index >= 15 is 0 Å². The van der Waals surface area contributed by atoms with Crippen molar-refractivity contribution in [1.29, 1.82) is 0 Å². The van der Waals surface area contributed by atoms with E-state index in [1.54, 1.807) is 0 Å². The number of hydrogen-bond donors (Lipinski definition) is 1. The highest BCUT2D eigenvalue weighted by Crippen LogP contribution is 2.15. The van der Waals surface area contributed by atoms with Gasteiger partial charge in [0, 0.05) is 5.56 Å². The van der Waals surface area contributed by atoms with Crippen LogP contribution in [0.3, 0.4) is 0 Å². The zero-order valence-corrected chi connectivity index (χ0v) is 15.0. The highest BCUT2D eigenvalue weighted by atomic mass is 19.3. The summed E-state index contributed by atoms with van der Waals surface area (Å²) in [6, 6.07) is 10.3. The second-order valence-electron chi connectivity index (χ2n) is 5.39. The third-order valence-electron chi connectivity index (χ3n) is 3.48. The van der Waals surface area contributed by atoms with E-state index in [4.69, 9.17) is 4.74 Å². The van der Waals surface area contributed by atoms with Gasteiger partial charge in [0.05, 0.1) is 18.2 Å². The number of halogens is 2. The highest BCUT2D eigenvalue weighted by molar-refractivity contribution is 6.06. The Morgan fingerprint density at radius 1 is 0.931 bits per heavy atom. The van der Waals surface area contributed by atoms with Crippen LogP contribution in [0.1, 0.15) is 31.1 Å². The van der Waals surface area contributed by atoms with E-state index in [9.17, 15) is 28.0 Å². The van der Waals surface area contributed by atoms with Crippen LogP contribution in [0.25, 0.3) is 0 Å². The summed E-state index contributed by atoms with van der Waals surface area (Å²) in [5, 5.41) is 1.98. The lowest BCUT2D eigenvalue weighted by Gasteiger charge is -2.09. The molecule has 0 fully saturated rings. The first-order valence-corrected chi connectivity index (χ1v) is 8.05. The fraction of sp³-hybridized carbons (Fsp3) is 0.158. The molecule has 0 spiro atoms. The largest absolute Gasteiger partial charge is 0.465 e. The molecule has 2 amide bonds. The number of hydrogen-bond acceptors (Lipinski definition) is 7. The molecule has 2 rings (SSSR count). The third-order valence-corrected chi connectivity index (χ3v) is 3.48. The molecule has 0 heterocycles. The average Bonchev–Trinajstić information content (AvgIpc) is 2.71. The summed E-state index contributed by atoms with van der Waals surface area (Å²) in [6.45, 7) is -3.79. The van der Waals surface area contributed by atoms with Gasteiger partial charge in [-0.25, -0.2) is 9.59 Å². The van der Waals surface area contributed by atoms with E-state index in [1.165, 1.54) is 36.4 Å². The summed E-state index contributed by atoms with van der Waals surface area (Å²) in [5.74, 6) is -3.61. The maximum atomic E-state index is 12.1. The quantitative estimate of drug-likeness (QED) is 0.701. The maximum Gasteiger partial charge on any atom is 0.387 e. The second-order valence-corrected chi connectivity index (χ2v) is 5.39. The van der Waals surface area contributed by atoms with Crippen LogP contribution in [0.15, 0.2) is 48.5 Å². The molecule has 0 aromatic heterocycles. The minimum atomic E-state index is -3.00. The van der Waals surface area contributed by atoms with Crippen molar-refractivity contribution in [2.45, 2.75) is 6.61 Å².